The molecule has 0 aliphatic heterocycles. The van der Waals surface area contributed by atoms with Gasteiger partial charge in [0.1, 0.15) is 0 Å². The fraction of sp³-hybridized carbons (Fsp3) is 0.929. The zero-order valence-corrected chi connectivity index (χ0v) is 12.0. The van der Waals surface area contributed by atoms with Gasteiger partial charge in [-0.3, -0.25) is 4.79 Å². The van der Waals surface area contributed by atoms with Gasteiger partial charge in [-0.2, -0.15) is 0 Å². The van der Waals surface area contributed by atoms with Crippen molar-refractivity contribution in [2.75, 3.05) is 13.2 Å². The molecule has 0 radical (unpaired) electrons. The fourth-order valence-corrected chi connectivity index (χ4v) is 2.52. The first-order chi connectivity index (χ1) is 8.38. The minimum absolute atomic E-state index is 0.0107. The smallest absolute Gasteiger partial charge is 0.240 e. The Hall–Kier alpha value is -0.610. The molecule has 106 valence electrons. The Kier molecular flexibility index (Phi) is 5.60. The van der Waals surface area contributed by atoms with Crippen LogP contribution in [0.25, 0.3) is 0 Å². The van der Waals surface area contributed by atoms with Crippen LogP contribution in [0, 0.1) is 5.41 Å². The summed E-state index contributed by atoms with van der Waals surface area (Å²) in [4.78, 5) is 14.3. The zero-order chi connectivity index (χ0) is 13.8. The number of aliphatic hydroxyl groups is 1. The van der Waals surface area contributed by atoms with Gasteiger partial charge in [-0.15, -0.1) is 0 Å². The van der Waals surface area contributed by atoms with Crippen molar-refractivity contribution in [3.8, 4) is 0 Å². The summed E-state index contributed by atoms with van der Waals surface area (Å²) in [6.45, 7) is 6.36. The first kappa shape index (κ1) is 15.4. The van der Waals surface area contributed by atoms with E-state index in [1.54, 1.807) is 0 Å². The molecule has 0 spiro atoms. The second kappa shape index (κ2) is 6.53. The van der Waals surface area contributed by atoms with Crippen molar-refractivity contribution in [3.05, 3.63) is 0 Å². The van der Waals surface area contributed by atoms with Gasteiger partial charge in [0, 0.05) is 12.6 Å². The Labute approximate surface area is 111 Å². The molecule has 0 unspecified atom stereocenters. The highest BCUT2D eigenvalue weighted by atomic mass is 16.3. The van der Waals surface area contributed by atoms with Gasteiger partial charge in [0.15, 0.2) is 0 Å². The average molecular weight is 256 g/mol. The number of carbonyl (C=O) groups is 1. The highest BCUT2D eigenvalue weighted by molar-refractivity contribution is 5.82. The molecule has 0 aromatic rings. The Morgan fingerprint density at radius 3 is 2.33 bits per heavy atom. The molecule has 1 saturated carbocycles. The van der Waals surface area contributed by atoms with E-state index in [0.717, 1.165) is 12.8 Å². The van der Waals surface area contributed by atoms with E-state index in [4.69, 9.17) is 10.8 Å². The molecule has 0 heterocycles. The van der Waals surface area contributed by atoms with Crippen molar-refractivity contribution in [2.24, 2.45) is 11.1 Å². The Morgan fingerprint density at radius 1 is 1.33 bits per heavy atom. The van der Waals surface area contributed by atoms with Crippen LogP contribution in [0.4, 0.5) is 0 Å². The van der Waals surface area contributed by atoms with Crippen LogP contribution < -0.4 is 5.73 Å². The van der Waals surface area contributed by atoms with Gasteiger partial charge in [0.05, 0.1) is 12.6 Å². The standard InChI is InChI=1S/C14H28N2O2/c1-14(2,3)12(15)13(18)16(9-10-17)11-7-5-4-6-8-11/h11-12,17H,4-10,15H2,1-3H3/t12-/m1/s1. The van der Waals surface area contributed by atoms with E-state index in [2.05, 4.69) is 0 Å². The molecule has 0 aromatic carbocycles. The third-order valence-electron chi connectivity index (χ3n) is 3.84. The molecule has 18 heavy (non-hydrogen) atoms. The third kappa shape index (κ3) is 3.95. The summed E-state index contributed by atoms with van der Waals surface area (Å²) in [5, 5.41) is 9.17. The van der Waals surface area contributed by atoms with Crippen LogP contribution in [0.5, 0.6) is 0 Å². The molecule has 1 aliphatic carbocycles. The Morgan fingerprint density at radius 2 is 1.89 bits per heavy atom. The van der Waals surface area contributed by atoms with E-state index in [-0.39, 0.29) is 24.0 Å². The minimum atomic E-state index is -0.494. The highest BCUT2D eigenvalue weighted by Crippen LogP contribution is 2.25. The molecule has 0 aromatic heterocycles. The summed E-state index contributed by atoms with van der Waals surface area (Å²) >= 11 is 0. The van der Waals surface area contributed by atoms with Crippen molar-refractivity contribution in [1.29, 1.82) is 0 Å². The van der Waals surface area contributed by atoms with Gasteiger partial charge in [-0.25, -0.2) is 0 Å². The molecule has 1 atom stereocenters. The first-order valence-corrected chi connectivity index (χ1v) is 7.05. The zero-order valence-electron chi connectivity index (χ0n) is 12.0. The van der Waals surface area contributed by atoms with Crippen molar-refractivity contribution in [1.82, 2.24) is 4.90 Å². The number of aliphatic hydroxyl groups excluding tert-OH is 1. The van der Waals surface area contributed by atoms with E-state index >= 15 is 0 Å². The molecule has 3 N–H and O–H groups in total. The van der Waals surface area contributed by atoms with Gasteiger partial charge in [-0.05, 0) is 18.3 Å². The quantitative estimate of drug-likeness (QED) is 0.801. The summed E-state index contributed by atoms with van der Waals surface area (Å²) in [6, 6.07) is -0.224. The molecule has 0 bridgehead atoms. The van der Waals surface area contributed by atoms with Gasteiger partial charge >= 0.3 is 0 Å². The third-order valence-corrected chi connectivity index (χ3v) is 3.84. The number of carbonyl (C=O) groups excluding carboxylic acids is 1. The predicted octanol–water partition coefficient (Wildman–Crippen LogP) is 1.51. The maximum Gasteiger partial charge on any atom is 0.240 e. The van der Waals surface area contributed by atoms with Gasteiger partial charge in [0.2, 0.25) is 5.91 Å². The van der Waals surface area contributed by atoms with Gasteiger partial charge in [-0.1, -0.05) is 40.0 Å². The summed E-state index contributed by atoms with van der Waals surface area (Å²) < 4.78 is 0. The molecule has 1 aliphatic rings. The lowest BCUT2D eigenvalue weighted by molar-refractivity contribution is -0.138. The molecule has 1 amide bonds. The highest BCUT2D eigenvalue weighted by Gasteiger charge is 2.34. The average Bonchev–Trinajstić information content (AvgIpc) is 2.34. The molecule has 0 saturated heterocycles. The second-order valence-electron chi connectivity index (χ2n) is 6.39. The topological polar surface area (TPSA) is 66.6 Å². The molecular weight excluding hydrogens is 228 g/mol. The van der Waals surface area contributed by atoms with Crippen LogP contribution in [0.1, 0.15) is 52.9 Å². The molecule has 4 nitrogen and oxygen atoms in total. The minimum Gasteiger partial charge on any atom is -0.395 e. The van der Waals surface area contributed by atoms with Gasteiger partial charge in [0.25, 0.3) is 0 Å². The van der Waals surface area contributed by atoms with Crippen LogP contribution >= 0.6 is 0 Å². The number of hydrogen-bond acceptors (Lipinski definition) is 3. The van der Waals surface area contributed by atoms with E-state index in [0.29, 0.717) is 6.54 Å². The van der Waals surface area contributed by atoms with Crippen LogP contribution in [0.2, 0.25) is 0 Å². The number of nitrogens with zero attached hydrogens (tertiary/aromatic N) is 1. The predicted molar refractivity (Wildman–Crippen MR) is 73.1 cm³/mol. The van der Waals surface area contributed by atoms with Crippen molar-refractivity contribution >= 4 is 5.91 Å². The fourth-order valence-electron chi connectivity index (χ4n) is 2.52. The van der Waals surface area contributed by atoms with E-state index in [1.165, 1.54) is 19.3 Å². The first-order valence-electron chi connectivity index (χ1n) is 7.05. The SMILES string of the molecule is CC(C)(C)[C@H](N)C(=O)N(CCO)C1CCCCC1. The number of hydrogen-bond donors (Lipinski definition) is 2. The summed E-state index contributed by atoms with van der Waals surface area (Å²) in [7, 11) is 0. The van der Waals surface area contributed by atoms with E-state index in [1.807, 2.05) is 25.7 Å². The summed E-state index contributed by atoms with van der Waals surface area (Å²) in [5.74, 6) is -0.0107. The Balaban J connectivity index is 2.73. The number of amides is 1. The van der Waals surface area contributed by atoms with Crippen LogP contribution in [-0.2, 0) is 4.79 Å². The molecular formula is C14H28N2O2. The summed E-state index contributed by atoms with van der Waals surface area (Å²) in [6.07, 6.45) is 5.68. The van der Waals surface area contributed by atoms with E-state index < -0.39 is 6.04 Å². The number of rotatable bonds is 4. The Bertz CT molecular complexity index is 267. The van der Waals surface area contributed by atoms with Crippen molar-refractivity contribution < 1.29 is 9.90 Å². The number of nitrogens with two attached hydrogens (primary N) is 1. The molecule has 1 rings (SSSR count). The largest absolute Gasteiger partial charge is 0.395 e. The van der Waals surface area contributed by atoms with Crippen molar-refractivity contribution in [3.63, 3.8) is 0 Å². The van der Waals surface area contributed by atoms with Crippen LogP contribution in [0.15, 0.2) is 0 Å². The second-order valence-corrected chi connectivity index (χ2v) is 6.39. The van der Waals surface area contributed by atoms with E-state index in [9.17, 15) is 4.79 Å². The lowest BCUT2D eigenvalue weighted by atomic mass is 9.85. The van der Waals surface area contributed by atoms with Gasteiger partial charge < -0.3 is 15.7 Å². The molecule has 4 heteroatoms. The van der Waals surface area contributed by atoms with Crippen LogP contribution in [-0.4, -0.2) is 41.1 Å². The van der Waals surface area contributed by atoms with Crippen molar-refractivity contribution in [2.45, 2.75) is 65.0 Å². The lowest BCUT2D eigenvalue weighted by Gasteiger charge is -2.38. The lowest BCUT2D eigenvalue weighted by Crippen LogP contribution is -2.54. The monoisotopic (exact) mass is 256 g/mol. The normalized spacial score (nSPS) is 19.6. The maximum absolute atomic E-state index is 12.5. The summed E-state index contributed by atoms with van der Waals surface area (Å²) in [5.41, 5.74) is 5.82. The van der Waals surface area contributed by atoms with Crippen LogP contribution in [0.3, 0.4) is 0 Å². The maximum atomic E-state index is 12.5. The molecule has 1 fully saturated rings.